The molecule has 0 amide bonds. The van der Waals surface area contributed by atoms with Crippen LogP contribution in [0, 0.1) is 10.1 Å². The molecule has 1 heterocycles. The van der Waals surface area contributed by atoms with Crippen LogP contribution in [0.5, 0.6) is 0 Å². The molecule has 166 valence electrons. The fraction of sp³-hybridized carbons (Fsp3) is 0.0455. The summed E-state index contributed by atoms with van der Waals surface area (Å²) in [6, 6.07) is 14.4. The van der Waals surface area contributed by atoms with Gasteiger partial charge < -0.3 is 0 Å². The standard InChI is InChI=1S/C22H12ClF3N4O3/c23-18-11-16(30(32)33)9-8-14(18)12-27-29-20(13-4-3-5-15(10-13)22(24,25)26)28-19-7-2-1-6-17(19)21(29)31/h1-12H. The van der Waals surface area contributed by atoms with Crippen molar-refractivity contribution in [2.45, 2.75) is 6.18 Å². The number of halogens is 4. The van der Waals surface area contributed by atoms with Crippen LogP contribution >= 0.6 is 11.6 Å². The number of nitro benzene ring substituents is 1. The number of hydrogen-bond acceptors (Lipinski definition) is 5. The molecule has 0 aliphatic carbocycles. The van der Waals surface area contributed by atoms with Crippen LogP contribution in [0.15, 0.2) is 76.6 Å². The fourth-order valence-corrected chi connectivity index (χ4v) is 3.33. The zero-order valence-corrected chi connectivity index (χ0v) is 17.2. The van der Waals surface area contributed by atoms with Crippen LogP contribution in [0.4, 0.5) is 18.9 Å². The predicted octanol–water partition coefficient (Wildman–Crippen LogP) is 5.53. The molecule has 0 bridgehead atoms. The molecule has 0 unspecified atom stereocenters. The zero-order valence-electron chi connectivity index (χ0n) is 16.5. The summed E-state index contributed by atoms with van der Waals surface area (Å²) in [6.07, 6.45) is -3.41. The second kappa shape index (κ2) is 8.47. The number of non-ortho nitro benzene ring substituents is 1. The average molecular weight is 473 g/mol. The first-order chi connectivity index (χ1) is 15.6. The lowest BCUT2D eigenvalue weighted by Crippen LogP contribution is -2.20. The number of fused-ring (bicyclic) bond motifs is 1. The molecule has 0 atom stereocenters. The van der Waals surface area contributed by atoms with E-state index in [1.807, 2.05) is 0 Å². The van der Waals surface area contributed by atoms with Crippen molar-refractivity contribution in [1.82, 2.24) is 9.66 Å². The van der Waals surface area contributed by atoms with Gasteiger partial charge in [-0.15, -0.1) is 0 Å². The molecular formula is C22H12ClF3N4O3. The Morgan fingerprint density at radius 2 is 1.82 bits per heavy atom. The van der Waals surface area contributed by atoms with Gasteiger partial charge in [-0.3, -0.25) is 14.9 Å². The summed E-state index contributed by atoms with van der Waals surface area (Å²) in [6.45, 7) is 0. The fourth-order valence-electron chi connectivity index (χ4n) is 3.11. The molecule has 7 nitrogen and oxygen atoms in total. The van der Waals surface area contributed by atoms with Crippen LogP contribution in [0.1, 0.15) is 11.1 Å². The topological polar surface area (TPSA) is 90.4 Å². The van der Waals surface area contributed by atoms with Gasteiger partial charge in [0.2, 0.25) is 0 Å². The maximum Gasteiger partial charge on any atom is 0.416 e. The Labute approximate surface area is 188 Å². The number of para-hydroxylation sites is 1. The Morgan fingerprint density at radius 1 is 1.06 bits per heavy atom. The van der Waals surface area contributed by atoms with Crippen LogP contribution in [0.2, 0.25) is 5.02 Å². The molecule has 0 saturated heterocycles. The number of rotatable bonds is 4. The third-order valence-corrected chi connectivity index (χ3v) is 5.04. The highest BCUT2D eigenvalue weighted by Gasteiger charge is 2.31. The minimum absolute atomic E-state index is 0.00960. The molecule has 4 rings (SSSR count). The summed E-state index contributed by atoms with van der Waals surface area (Å²) in [4.78, 5) is 27.8. The number of alkyl halides is 3. The summed E-state index contributed by atoms with van der Waals surface area (Å²) in [5, 5.41) is 15.2. The summed E-state index contributed by atoms with van der Waals surface area (Å²) >= 11 is 6.08. The normalized spacial score (nSPS) is 11.9. The van der Waals surface area contributed by atoms with Crippen molar-refractivity contribution < 1.29 is 18.1 Å². The van der Waals surface area contributed by atoms with E-state index in [2.05, 4.69) is 10.1 Å². The van der Waals surface area contributed by atoms with Gasteiger partial charge in [0, 0.05) is 23.3 Å². The maximum atomic E-state index is 13.2. The minimum atomic E-state index is -4.59. The summed E-state index contributed by atoms with van der Waals surface area (Å²) in [7, 11) is 0. The highest BCUT2D eigenvalue weighted by atomic mass is 35.5. The van der Waals surface area contributed by atoms with Crippen molar-refractivity contribution in [3.05, 3.63) is 103 Å². The lowest BCUT2D eigenvalue weighted by Gasteiger charge is -2.12. The molecule has 0 aliphatic rings. The van der Waals surface area contributed by atoms with E-state index in [0.29, 0.717) is 0 Å². The number of nitro groups is 1. The Morgan fingerprint density at radius 3 is 2.52 bits per heavy atom. The molecule has 0 aliphatic heterocycles. The van der Waals surface area contributed by atoms with E-state index >= 15 is 0 Å². The van der Waals surface area contributed by atoms with Gasteiger partial charge in [-0.05, 0) is 30.3 Å². The first-order valence-electron chi connectivity index (χ1n) is 9.33. The summed E-state index contributed by atoms with van der Waals surface area (Å²) in [5.41, 5.74) is -1.17. The molecule has 4 aromatic rings. The zero-order chi connectivity index (χ0) is 23.8. The van der Waals surface area contributed by atoms with E-state index in [0.717, 1.165) is 22.9 Å². The van der Waals surface area contributed by atoms with Gasteiger partial charge in [0.25, 0.3) is 11.2 Å². The Kier molecular flexibility index (Phi) is 5.69. The van der Waals surface area contributed by atoms with Crippen molar-refractivity contribution in [2.75, 3.05) is 0 Å². The number of aromatic nitrogens is 2. The van der Waals surface area contributed by atoms with E-state index < -0.39 is 22.2 Å². The van der Waals surface area contributed by atoms with Gasteiger partial charge >= 0.3 is 6.18 Å². The summed E-state index contributed by atoms with van der Waals surface area (Å²) in [5.74, 6) is -0.112. The van der Waals surface area contributed by atoms with Crippen LogP contribution in [0.25, 0.3) is 22.3 Å². The van der Waals surface area contributed by atoms with Gasteiger partial charge in [0.15, 0.2) is 5.82 Å². The van der Waals surface area contributed by atoms with E-state index in [9.17, 15) is 28.1 Å². The van der Waals surface area contributed by atoms with Crippen molar-refractivity contribution in [2.24, 2.45) is 5.10 Å². The second-order valence-corrected chi connectivity index (χ2v) is 7.26. The van der Waals surface area contributed by atoms with E-state index in [1.165, 1.54) is 36.5 Å². The molecular weight excluding hydrogens is 461 g/mol. The van der Waals surface area contributed by atoms with Gasteiger partial charge in [-0.25, -0.2) is 4.98 Å². The van der Waals surface area contributed by atoms with Crippen LogP contribution in [-0.2, 0) is 6.18 Å². The monoisotopic (exact) mass is 472 g/mol. The second-order valence-electron chi connectivity index (χ2n) is 6.86. The van der Waals surface area contributed by atoms with E-state index in [4.69, 9.17) is 11.6 Å². The third kappa shape index (κ3) is 4.46. The Hall–Kier alpha value is -4.05. The first-order valence-corrected chi connectivity index (χ1v) is 9.70. The van der Waals surface area contributed by atoms with E-state index in [1.54, 1.807) is 18.2 Å². The quantitative estimate of drug-likeness (QED) is 0.222. The largest absolute Gasteiger partial charge is 0.416 e. The SMILES string of the molecule is O=c1c2ccccc2nc(-c2cccc(C(F)(F)F)c2)n1N=Cc1ccc([N+](=O)[O-])cc1Cl. The minimum Gasteiger partial charge on any atom is -0.267 e. The smallest absolute Gasteiger partial charge is 0.267 e. The number of nitrogens with zero attached hydrogens (tertiary/aromatic N) is 4. The molecule has 0 radical (unpaired) electrons. The van der Waals surface area contributed by atoms with Crippen molar-refractivity contribution in [3.63, 3.8) is 0 Å². The number of benzene rings is 3. The summed E-state index contributed by atoms with van der Waals surface area (Å²) < 4.78 is 40.6. The molecule has 1 aromatic heterocycles. The highest BCUT2D eigenvalue weighted by molar-refractivity contribution is 6.33. The molecule has 3 aromatic carbocycles. The molecule has 11 heteroatoms. The van der Waals surface area contributed by atoms with Gasteiger partial charge in [0.1, 0.15) is 0 Å². The Balaban J connectivity index is 1.91. The van der Waals surface area contributed by atoms with Crippen LogP contribution in [0.3, 0.4) is 0 Å². The lowest BCUT2D eigenvalue weighted by molar-refractivity contribution is -0.384. The first kappa shape index (κ1) is 22.2. The van der Waals surface area contributed by atoms with Crippen molar-refractivity contribution >= 4 is 34.4 Å². The molecule has 0 spiro atoms. The maximum absolute atomic E-state index is 13.2. The molecule has 0 fully saturated rings. The highest BCUT2D eigenvalue weighted by Crippen LogP contribution is 2.32. The van der Waals surface area contributed by atoms with Gasteiger partial charge in [-0.2, -0.15) is 22.9 Å². The predicted molar refractivity (Wildman–Crippen MR) is 118 cm³/mol. The van der Waals surface area contributed by atoms with Gasteiger partial charge in [0.05, 0.1) is 32.6 Å². The third-order valence-electron chi connectivity index (χ3n) is 4.71. The van der Waals surface area contributed by atoms with Crippen molar-refractivity contribution in [3.8, 4) is 11.4 Å². The number of hydrogen-bond donors (Lipinski definition) is 0. The average Bonchev–Trinajstić information content (AvgIpc) is 2.78. The van der Waals surface area contributed by atoms with Crippen LogP contribution < -0.4 is 5.56 Å². The molecule has 0 N–H and O–H groups in total. The van der Waals surface area contributed by atoms with Gasteiger partial charge in [-0.1, -0.05) is 35.9 Å². The Bertz CT molecular complexity index is 1480. The molecule has 0 saturated carbocycles. The molecule has 33 heavy (non-hydrogen) atoms. The lowest BCUT2D eigenvalue weighted by atomic mass is 10.1. The van der Waals surface area contributed by atoms with Crippen LogP contribution in [-0.4, -0.2) is 20.8 Å². The van der Waals surface area contributed by atoms with E-state index in [-0.39, 0.29) is 38.6 Å². The van der Waals surface area contributed by atoms with Crippen molar-refractivity contribution in [1.29, 1.82) is 0 Å².